The van der Waals surface area contributed by atoms with Gasteiger partial charge in [0.15, 0.2) is 0 Å². The topological polar surface area (TPSA) is 58.2 Å². The molecule has 0 aromatic heterocycles. The van der Waals surface area contributed by atoms with E-state index in [-0.39, 0.29) is 0 Å². The first-order chi connectivity index (χ1) is 7.90. The van der Waals surface area contributed by atoms with Gasteiger partial charge in [0.05, 0.1) is 0 Å². The largest absolute Gasteiger partial charge is 0.325 e. The first-order valence-corrected chi connectivity index (χ1v) is 6.15. The predicted octanol–water partition coefficient (Wildman–Crippen LogP) is 3.03. The van der Waals surface area contributed by atoms with E-state index in [0.717, 1.165) is 10.0 Å². The highest BCUT2D eigenvalue weighted by Gasteiger charge is 2.12. The van der Waals surface area contributed by atoms with Crippen LogP contribution in [0.15, 0.2) is 22.7 Å². The molecule has 0 saturated heterocycles. The first kappa shape index (κ1) is 14.0. The molecule has 1 rings (SSSR count). The summed E-state index contributed by atoms with van der Waals surface area (Å²) in [6.45, 7) is 3.43. The molecule has 4 nitrogen and oxygen atoms in total. The third-order valence-corrected chi connectivity index (χ3v) is 3.08. The van der Waals surface area contributed by atoms with Gasteiger partial charge in [0, 0.05) is 10.2 Å². The molecular weight excluding hydrogens is 307 g/mol. The maximum absolute atomic E-state index is 11.4. The molecule has 1 atom stereocenters. The van der Waals surface area contributed by atoms with Crippen LogP contribution in [0.25, 0.3) is 0 Å². The number of carbonyl (C=O) groups is 2. The maximum atomic E-state index is 11.4. The summed E-state index contributed by atoms with van der Waals surface area (Å²) >= 11 is 8.87. The average Bonchev–Trinajstić information content (AvgIpc) is 2.23. The second-order valence-electron chi connectivity index (χ2n) is 3.52. The van der Waals surface area contributed by atoms with Gasteiger partial charge in [-0.15, -0.1) is 11.6 Å². The van der Waals surface area contributed by atoms with Crippen LogP contribution in [0.3, 0.4) is 0 Å². The van der Waals surface area contributed by atoms with Gasteiger partial charge in [-0.3, -0.25) is 10.1 Å². The molecule has 1 unspecified atom stereocenters. The zero-order valence-electron chi connectivity index (χ0n) is 9.38. The van der Waals surface area contributed by atoms with Crippen LogP contribution in [0.5, 0.6) is 0 Å². The van der Waals surface area contributed by atoms with Crippen molar-refractivity contribution in [1.82, 2.24) is 5.32 Å². The molecule has 92 valence electrons. The highest BCUT2D eigenvalue weighted by atomic mass is 79.9. The lowest BCUT2D eigenvalue weighted by Gasteiger charge is -2.08. The van der Waals surface area contributed by atoms with Gasteiger partial charge in [-0.1, -0.05) is 22.0 Å². The Balaban J connectivity index is 2.62. The number of urea groups is 1. The molecular formula is C11H12BrClN2O2. The fourth-order valence-electron chi connectivity index (χ4n) is 1.04. The van der Waals surface area contributed by atoms with Crippen molar-refractivity contribution in [3.63, 3.8) is 0 Å². The molecule has 0 aliphatic heterocycles. The number of nitrogens with one attached hydrogen (secondary N) is 2. The maximum Gasteiger partial charge on any atom is 0.325 e. The van der Waals surface area contributed by atoms with E-state index in [0.29, 0.717) is 5.69 Å². The van der Waals surface area contributed by atoms with Crippen LogP contribution in [-0.2, 0) is 4.79 Å². The lowest BCUT2D eigenvalue weighted by molar-refractivity contribution is -0.119. The van der Waals surface area contributed by atoms with Crippen LogP contribution in [-0.4, -0.2) is 17.3 Å². The summed E-state index contributed by atoms with van der Waals surface area (Å²) in [4.78, 5) is 22.6. The fourth-order valence-corrected chi connectivity index (χ4v) is 1.48. The van der Waals surface area contributed by atoms with Gasteiger partial charge in [-0.2, -0.15) is 0 Å². The Morgan fingerprint density at radius 3 is 2.59 bits per heavy atom. The predicted molar refractivity (Wildman–Crippen MR) is 71.4 cm³/mol. The zero-order valence-corrected chi connectivity index (χ0v) is 11.7. The normalized spacial score (nSPS) is 11.8. The lowest BCUT2D eigenvalue weighted by Crippen LogP contribution is -2.38. The summed E-state index contributed by atoms with van der Waals surface area (Å²) in [7, 11) is 0. The molecule has 0 aliphatic rings. The number of alkyl halides is 1. The molecule has 0 bridgehead atoms. The SMILES string of the molecule is Cc1ccc(NC(=O)NC(=O)C(C)Cl)cc1Br. The number of rotatable bonds is 2. The summed E-state index contributed by atoms with van der Waals surface area (Å²) in [6.07, 6.45) is 0. The van der Waals surface area contributed by atoms with Gasteiger partial charge < -0.3 is 5.32 Å². The lowest BCUT2D eigenvalue weighted by atomic mass is 10.2. The number of amides is 3. The Morgan fingerprint density at radius 2 is 2.06 bits per heavy atom. The molecule has 17 heavy (non-hydrogen) atoms. The molecule has 0 heterocycles. The number of hydrogen-bond acceptors (Lipinski definition) is 2. The molecule has 0 radical (unpaired) electrons. The summed E-state index contributed by atoms with van der Waals surface area (Å²) in [5, 5.41) is 3.92. The Labute approximate surface area is 113 Å². The molecule has 0 saturated carbocycles. The van der Waals surface area contributed by atoms with Crippen LogP contribution in [0.2, 0.25) is 0 Å². The number of hydrogen-bond donors (Lipinski definition) is 2. The third-order valence-electron chi connectivity index (χ3n) is 2.03. The number of imide groups is 1. The second kappa shape index (κ2) is 6.02. The fraction of sp³-hybridized carbons (Fsp3) is 0.273. The van der Waals surface area contributed by atoms with E-state index in [1.807, 2.05) is 13.0 Å². The minimum absolute atomic E-state index is 0.532. The molecule has 0 fully saturated rings. The van der Waals surface area contributed by atoms with E-state index in [9.17, 15) is 9.59 Å². The number of halogens is 2. The average molecular weight is 320 g/mol. The minimum Gasteiger partial charge on any atom is -0.308 e. The number of carbonyl (C=O) groups excluding carboxylic acids is 2. The van der Waals surface area contributed by atoms with Crippen molar-refractivity contribution in [2.45, 2.75) is 19.2 Å². The van der Waals surface area contributed by atoms with E-state index in [2.05, 4.69) is 26.6 Å². The molecule has 3 amide bonds. The third kappa shape index (κ3) is 4.36. The van der Waals surface area contributed by atoms with Crippen LogP contribution in [0, 0.1) is 6.92 Å². The molecule has 2 N–H and O–H groups in total. The molecule has 0 spiro atoms. The summed E-state index contributed by atoms with van der Waals surface area (Å²) in [6, 6.07) is 4.75. The Morgan fingerprint density at radius 1 is 1.41 bits per heavy atom. The first-order valence-electron chi connectivity index (χ1n) is 4.92. The molecule has 0 aliphatic carbocycles. The van der Waals surface area contributed by atoms with Gasteiger partial charge in [0.1, 0.15) is 5.38 Å². The smallest absolute Gasteiger partial charge is 0.308 e. The Bertz CT molecular complexity index is 449. The standard InChI is InChI=1S/C11H12BrClN2O2/c1-6-3-4-8(5-9(6)12)14-11(17)15-10(16)7(2)13/h3-5,7H,1-2H3,(H2,14,15,16,17). The highest BCUT2D eigenvalue weighted by molar-refractivity contribution is 9.10. The van der Waals surface area contributed by atoms with E-state index in [1.165, 1.54) is 6.92 Å². The molecule has 6 heteroatoms. The van der Waals surface area contributed by atoms with Crippen molar-refractivity contribution in [3.8, 4) is 0 Å². The van der Waals surface area contributed by atoms with Crippen LogP contribution < -0.4 is 10.6 Å². The van der Waals surface area contributed by atoms with Crippen molar-refractivity contribution in [2.75, 3.05) is 5.32 Å². The van der Waals surface area contributed by atoms with Gasteiger partial charge in [-0.05, 0) is 31.5 Å². The van der Waals surface area contributed by atoms with Gasteiger partial charge in [-0.25, -0.2) is 4.79 Å². The van der Waals surface area contributed by atoms with Crippen molar-refractivity contribution in [1.29, 1.82) is 0 Å². The highest BCUT2D eigenvalue weighted by Crippen LogP contribution is 2.20. The van der Waals surface area contributed by atoms with E-state index >= 15 is 0 Å². The summed E-state index contributed by atoms with van der Waals surface area (Å²) in [5.74, 6) is -0.532. The summed E-state index contributed by atoms with van der Waals surface area (Å²) < 4.78 is 0.882. The Hall–Kier alpha value is -1.07. The van der Waals surface area contributed by atoms with Crippen LogP contribution >= 0.6 is 27.5 Å². The Kier molecular flexibility index (Phi) is 4.96. The van der Waals surface area contributed by atoms with E-state index in [4.69, 9.17) is 11.6 Å². The number of aryl methyl sites for hydroxylation is 1. The number of anilines is 1. The second-order valence-corrected chi connectivity index (χ2v) is 5.03. The van der Waals surface area contributed by atoms with Gasteiger partial charge in [0.2, 0.25) is 5.91 Å². The van der Waals surface area contributed by atoms with Crippen molar-refractivity contribution in [2.24, 2.45) is 0 Å². The quantitative estimate of drug-likeness (QED) is 0.823. The van der Waals surface area contributed by atoms with Crippen LogP contribution in [0.1, 0.15) is 12.5 Å². The van der Waals surface area contributed by atoms with Crippen molar-refractivity contribution < 1.29 is 9.59 Å². The van der Waals surface area contributed by atoms with E-state index in [1.54, 1.807) is 12.1 Å². The summed E-state index contributed by atoms with van der Waals surface area (Å²) in [5.41, 5.74) is 1.65. The number of benzene rings is 1. The monoisotopic (exact) mass is 318 g/mol. The van der Waals surface area contributed by atoms with Gasteiger partial charge >= 0.3 is 6.03 Å². The minimum atomic E-state index is -0.745. The zero-order chi connectivity index (χ0) is 13.0. The molecule has 1 aromatic rings. The van der Waals surface area contributed by atoms with Crippen molar-refractivity contribution in [3.05, 3.63) is 28.2 Å². The van der Waals surface area contributed by atoms with Gasteiger partial charge in [0.25, 0.3) is 0 Å². The van der Waals surface area contributed by atoms with Crippen molar-refractivity contribution >= 4 is 45.2 Å². The van der Waals surface area contributed by atoms with E-state index < -0.39 is 17.3 Å². The van der Waals surface area contributed by atoms with Crippen LogP contribution in [0.4, 0.5) is 10.5 Å². The molecule has 1 aromatic carbocycles.